The molecule has 19 heavy (non-hydrogen) atoms. The Morgan fingerprint density at radius 1 is 1.00 bits per heavy atom. The number of benzene rings is 2. The highest BCUT2D eigenvalue weighted by molar-refractivity contribution is 9.10. The summed E-state index contributed by atoms with van der Waals surface area (Å²) in [5.41, 5.74) is 1.09. The Morgan fingerprint density at radius 2 is 1.58 bits per heavy atom. The number of hydrogen-bond donors (Lipinski definition) is 0. The predicted octanol–water partition coefficient (Wildman–Crippen LogP) is 4.54. The minimum Gasteiger partial charge on any atom is -0.294 e. The van der Waals surface area contributed by atoms with E-state index in [0.717, 1.165) is 28.2 Å². The Balaban J connectivity index is 2.03. The molecule has 2 rings (SSSR count). The quantitative estimate of drug-likeness (QED) is 0.754. The molecule has 0 bridgehead atoms. The lowest BCUT2D eigenvalue weighted by molar-refractivity contribution is 0.0982. The molecule has 0 amide bonds. The summed E-state index contributed by atoms with van der Waals surface area (Å²) in [5.74, 6) is -1.72. The first-order chi connectivity index (χ1) is 9.04. The van der Waals surface area contributed by atoms with Crippen LogP contribution in [0.1, 0.15) is 22.3 Å². The molecule has 0 saturated heterocycles. The Labute approximate surface area is 118 Å². The smallest absolute Gasteiger partial charge is 0.163 e. The molecule has 0 saturated carbocycles. The number of carbonyl (C=O) groups is 1. The highest BCUT2D eigenvalue weighted by Crippen LogP contribution is 2.14. The molecule has 0 aliphatic heterocycles. The van der Waals surface area contributed by atoms with Gasteiger partial charge in [-0.1, -0.05) is 28.1 Å². The maximum Gasteiger partial charge on any atom is 0.163 e. The number of ketones is 1. The zero-order valence-electron chi connectivity index (χ0n) is 10.00. The van der Waals surface area contributed by atoms with Gasteiger partial charge in [0, 0.05) is 22.5 Å². The van der Waals surface area contributed by atoms with Gasteiger partial charge in [-0.05, 0) is 36.2 Å². The van der Waals surface area contributed by atoms with Gasteiger partial charge in [-0.15, -0.1) is 0 Å². The van der Waals surface area contributed by atoms with Crippen LogP contribution >= 0.6 is 15.9 Å². The number of carbonyl (C=O) groups excluding carboxylic acids is 1. The third-order valence-electron chi connectivity index (χ3n) is 2.74. The normalized spacial score (nSPS) is 10.5. The van der Waals surface area contributed by atoms with E-state index in [1.807, 2.05) is 24.3 Å². The summed E-state index contributed by atoms with van der Waals surface area (Å²) in [6, 6.07) is 10.5. The second-order valence-corrected chi connectivity index (χ2v) is 5.12. The third kappa shape index (κ3) is 3.96. The largest absolute Gasteiger partial charge is 0.294 e. The van der Waals surface area contributed by atoms with Crippen LogP contribution in [0.2, 0.25) is 0 Å². The number of rotatable bonds is 4. The van der Waals surface area contributed by atoms with Crippen molar-refractivity contribution in [2.45, 2.75) is 12.8 Å². The number of Topliss-reactive ketones (excluding diaryl/α,β-unsaturated/α-hetero) is 1. The average molecular weight is 325 g/mol. The summed E-state index contributed by atoms with van der Waals surface area (Å²) < 4.78 is 27.0. The monoisotopic (exact) mass is 324 g/mol. The van der Waals surface area contributed by atoms with Crippen molar-refractivity contribution >= 4 is 21.7 Å². The summed E-state index contributed by atoms with van der Waals surface area (Å²) in [5, 5.41) is 0. The fourth-order valence-corrected chi connectivity index (χ4v) is 2.03. The molecule has 0 radical (unpaired) electrons. The molecule has 0 aromatic heterocycles. The van der Waals surface area contributed by atoms with E-state index in [1.54, 1.807) is 0 Å². The highest BCUT2D eigenvalue weighted by Gasteiger charge is 2.09. The molecular formula is C15H11BrF2O. The van der Waals surface area contributed by atoms with Crippen molar-refractivity contribution in [2.24, 2.45) is 0 Å². The van der Waals surface area contributed by atoms with Crippen LogP contribution in [-0.2, 0) is 6.42 Å². The van der Waals surface area contributed by atoms with Crippen LogP contribution in [0.3, 0.4) is 0 Å². The summed E-state index contributed by atoms with van der Waals surface area (Å²) in [7, 11) is 0. The average Bonchev–Trinajstić information content (AvgIpc) is 2.36. The van der Waals surface area contributed by atoms with Crippen molar-refractivity contribution in [3.63, 3.8) is 0 Å². The lowest BCUT2D eigenvalue weighted by Crippen LogP contribution is -2.02. The summed E-state index contributed by atoms with van der Waals surface area (Å²) in [6.45, 7) is 0. The molecule has 0 aliphatic carbocycles. The van der Waals surface area contributed by atoms with Crippen LogP contribution < -0.4 is 0 Å². The van der Waals surface area contributed by atoms with E-state index >= 15 is 0 Å². The Hall–Kier alpha value is -1.55. The van der Waals surface area contributed by atoms with Crippen LogP contribution in [0.15, 0.2) is 46.9 Å². The van der Waals surface area contributed by atoms with E-state index in [4.69, 9.17) is 0 Å². The second-order valence-electron chi connectivity index (χ2n) is 4.21. The molecule has 4 heteroatoms. The van der Waals surface area contributed by atoms with Gasteiger partial charge >= 0.3 is 0 Å². The molecule has 0 atom stereocenters. The number of hydrogen-bond acceptors (Lipinski definition) is 1. The molecule has 0 aliphatic rings. The Kier molecular flexibility index (Phi) is 4.43. The molecular weight excluding hydrogens is 314 g/mol. The van der Waals surface area contributed by atoms with Gasteiger partial charge in [0.15, 0.2) is 5.78 Å². The molecule has 0 unspecified atom stereocenters. The first kappa shape index (κ1) is 13.9. The zero-order valence-corrected chi connectivity index (χ0v) is 11.6. The van der Waals surface area contributed by atoms with Crippen LogP contribution in [0.5, 0.6) is 0 Å². The van der Waals surface area contributed by atoms with Crippen molar-refractivity contribution in [3.8, 4) is 0 Å². The first-order valence-electron chi connectivity index (χ1n) is 5.78. The third-order valence-corrected chi connectivity index (χ3v) is 3.27. The SMILES string of the molecule is O=C(CCc1ccc(Br)cc1)c1cc(F)cc(F)c1. The minimum absolute atomic E-state index is 0.0783. The van der Waals surface area contributed by atoms with Crippen molar-refractivity contribution in [1.29, 1.82) is 0 Å². The van der Waals surface area contributed by atoms with E-state index in [1.165, 1.54) is 0 Å². The molecule has 0 heterocycles. The summed E-state index contributed by atoms with van der Waals surface area (Å²) in [4.78, 5) is 11.8. The number of aryl methyl sites for hydroxylation is 1. The fourth-order valence-electron chi connectivity index (χ4n) is 1.77. The number of halogens is 3. The lowest BCUT2D eigenvalue weighted by atomic mass is 10.0. The zero-order chi connectivity index (χ0) is 13.8. The summed E-state index contributed by atoms with van der Waals surface area (Å²) in [6.07, 6.45) is 0.773. The van der Waals surface area contributed by atoms with Gasteiger partial charge in [0.25, 0.3) is 0 Å². The standard InChI is InChI=1S/C15H11BrF2O/c16-12-4-1-10(2-5-12)3-6-15(19)11-7-13(17)9-14(18)8-11/h1-2,4-5,7-9H,3,6H2. The van der Waals surface area contributed by atoms with Gasteiger partial charge in [0.05, 0.1) is 0 Å². The van der Waals surface area contributed by atoms with Crippen LogP contribution in [0.4, 0.5) is 8.78 Å². The van der Waals surface area contributed by atoms with Gasteiger partial charge in [0.2, 0.25) is 0 Å². The Morgan fingerprint density at radius 3 is 2.16 bits per heavy atom. The van der Waals surface area contributed by atoms with E-state index in [0.29, 0.717) is 6.42 Å². The highest BCUT2D eigenvalue weighted by atomic mass is 79.9. The van der Waals surface area contributed by atoms with Crippen LogP contribution in [-0.4, -0.2) is 5.78 Å². The van der Waals surface area contributed by atoms with Crippen LogP contribution in [0, 0.1) is 11.6 Å². The van der Waals surface area contributed by atoms with E-state index in [-0.39, 0.29) is 17.8 Å². The van der Waals surface area contributed by atoms with Gasteiger partial charge in [-0.25, -0.2) is 8.78 Å². The molecule has 2 aromatic rings. The summed E-state index contributed by atoms with van der Waals surface area (Å²) >= 11 is 3.33. The van der Waals surface area contributed by atoms with Crippen molar-refractivity contribution in [1.82, 2.24) is 0 Å². The maximum absolute atomic E-state index is 13.0. The van der Waals surface area contributed by atoms with Gasteiger partial charge in [-0.3, -0.25) is 4.79 Å². The topological polar surface area (TPSA) is 17.1 Å². The van der Waals surface area contributed by atoms with Crippen molar-refractivity contribution in [2.75, 3.05) is 0 Å². The van der Waals surface area contributed by atoms with E-state index in [9.17, 15) is 13.6 Å². The van der Waals surface area contributed by atoms with Gasteiger partial charge in [-0.2, -0.15) is 0 Å². The van der Waals surface area contributed by atoms with Crippen molar-refractivity contribution in [3.05, 3.63) is 69.7 Å². The van der Waals surface area contributed by atoms with E-state index in [2.05, 4.69) is 15.9 Å². The lowest BCUT2D eigenvalue weighted by Gasteiger charge is -2.03. The van der Waals surface area contributed by atoms with Gasteiger partial charge in [0.1, 0.15) is 11.6 Å². The molecule has 0 fully saturated rings. The first-order valence-corrected chi connectivity index (χ1v) is 6.57. The minimum atomic E-state index is -0.730. The second kappa shape index (κ2) is 6.06. The molecule has 98 valence electrons. The Bertz CT molecular complexity index is 573. The fraction of sp³-hybridized carbons (Fsp3) is 0.133. The predicted molar refractivity (Wildman–Crippen MR) is 73.2 cm³/mol. The van der Waals surface area contributed by atoms with Crippen LogP contribution in [0.25, 0.3) is 0 Å². The molecule has 2 aromatic carbocycles. The molecule has 1 nitrogen and oxygen atoms in total. The van der Waals surface area contributed by atoms with E-state index < -0.39 is 11.6 Å². The van der Waals surface area contributed by atoms with Gasteiger partial charge < -0.3 is 0 Å². The molecule has 0 N–H and O–H groups in total. The molecule has 0 spiro atoms. The maximum atomic E-state index is 13.0. The van der Waals surface area contributed by atoms with Crippen molar-refractivity contribution < 1.29 is 13.6 Å².